The van der Waals surface area contributed by atoms with Crippen LogP contribution in [0.3, 0.4) is 0 Å². The Morgan fingerprint density at radius 2 is 1.67 bits per heavy atom. The number of hydrogen-bond donors (Lipinski definition) is 1. The Balaban J connectivity index is 1.75. The maximum Gasteiger partial charge on any atom is 0.416 e. The summed E-state index contributed by atoms with van der Waals surface area (Å²) in [6, 6.07) is 10.7. The highest BCUT2D eigenvalue weighted by Crippen LogP contribution is 2.29. The van der Waals surface area contributed by atoms with Crippen molar-refractivity contribution in [3.63, 3.8) is 0 Å². The molecular formula is C20H18F3N3O4. The van der Waals surface area contributed by atoms with Crippen molar-refractivity contribution in [1.82, 2.24) is 14.3 Å². The third-order valence-electron chi connectivity index (χ3n) is 4.35. The van der Waals surface area contributed by atoms with Gasteiger partial charge in [-0.05, 0) is 55.8 Å². The maximum absolute atomic E-state index is 12.7. The summed E-state index contributed by atoms with van der Waals surface area (Å²) in [5.74, 6) is -0.749. The Kier molecular flexibility index (Phi) is 5.43. The molecule has 0 aliphatic rings. The van der Waals surface area contributed by atoms with Crippen LogP contribution in [0.4, 0.5) is 13.2 Å². The van der Waals surface area contributed by atoms with Crippen molar-refractivity contribution < 1.29 is 27.8 Å². The van der Waals surface area contributed by atoms with Gasteiger partial charge in [0, 0.05) is 0 Å². The monoisotopic (exact) mass is 421 g/mol. The average Bonchev–Trinajstić information content (AvgIpc) is 3.03. The fraction of sp³-hybridized carbons (Fsp3) is 0.250. The molecule has 0 aliphatic heterocycles. The number of carbonyl (C=O) groups is 1. The lowest BCUT2D eigenvalue weighted by Crippen LogP contribution is -2.37. The van der Waals surface area contributed by atoms with E-state index in [9.17, 15) is 22.8 Å². The molecule has 3 rings (SSSR count). The van der Waals surface area contributed by atoms with Crippen molar-refractivity contribution in [1.29, 1.82) is 0 Å². The van der Waals surface area contributed by atoms with Crippen molar-refractivity contribution in [3.05, 3.63) is 76.5 Å². The summed E-state index contributed by atoms with van der Waals surface area (Å²) in [5, 5.41) is 13.1. The number of ether oxygens (including phenoxy) is 1. The molecule has 1 heterocycles. The number of rotatable bonds is 6. The maximum atomic E-state index is 12.7. The van der Waals surface area contributed by atoms with Crippen molar-refractivity contribution in [2.75, 3.05) is 0 Å². The molecule has 3 aromatic rings. The normalized spacial score (nSPS) is 12.0. The van der Waals surface area contributed by atoms with Gasteiger partial charge in [0.2, 0.25) is 0 Å². The lowest BCUT2D eigenvalue weighted by molar-refractivity contribution is -0.152. The predicted octanol–water partition coefficient (Wildman–Crippen LogP) is 3.34. The quantitative estimate of drug-likeness (QED) is 0.660. The smallest absolute Gasteiger partial charge is 0.416 e. The highest BCUT2D eigenvalue weighted by molar-refractivity contribution is 5.76. The van der Waals surface area contributed by atoms with Crippen molar-refractivity contribution in [2.45, 2.75) is 32.2 Å². The summed E-state index contributed by atoms with van der Waals surface area (Å²) in [6.07, 6.45) is -3.22. The molecule has 2 aromatic carbocycles. The second kappa shape index (κ2) is 7.69. The summed E-state index contributed by atoms with van der Waals surface area (Å²) >= 11 is 0. The van der Waals surface area contributed by atoms with Gasteiger partial charge in [0.25, 0.3) is 0 Å². The summed E-state index contributed by atoms with van der Waals surface area (Å²) in [6.45, 7) is 2.97. The zero-order valence-electron chi connectivity index (χ0n) is 16.1. The number of halogens is 3. The van der Waals surface area contributed by atoms with Gasteiger partial charge in [-0.2, -0.15) is 18.3 Å². The molecule has 1 N–H and O–H groups in total. The number of benzene rings is 2. The van der Waals surface area contributed by atoms with Gasteiger partial charge in [-0.25, -0.2) is 18.8 Å². The van der Waals surface area contributed by atoms with Gasteiger partial charge in [-0.15, -0.1) is 0 Å². The summed E-state index contributed by atoms with van der Waals surface area (Å²) in [5.41, 5.74) is -1.74. The van der Waals surface area contributed by atoms with Crippen LogP contribution >= 0.6 is 0 Å². The van der Waals surface area contributed by atoms with Crippen LogP contribution in [-0.2, 0) is 17.5 Å². The van der Waals surface area contributed by atoms with Crippen LogP contribution < -0.4 is 10.4 Å². The van der Waals surface area contributed by atoms with E-state index in [2.05, 4.69) is 5.10 Å². The van der Waals surface area contributed by atoms with Crippen LogP contribution in [0, 0.1) is 0 Å². The van der Waals surface area contributed by atoms with E-state index in [1.165, 1.54) is 32.3 Å². The molecule has 0 radical (unpaired) electrons. The first-order chi connectivity index (χ1) is 14.0. The molecule has 0 aliphatic carbocycles. The van der Waals surface area contributed by atoms with Crippen molar-refractivity contribution >= 4 is 5.97 Å². The van der Waals surface area contributed by atoms with E-state index in [0.717, 1.165) is 21.4 Å². The van der Waals surface area contributed by atoms with E-state index in [-0.39, 0.29) is 12.2 Å². The molecule has 0 atom stereocenters. The minimum absolute atomic E-state index is 0.120. The second-order valence-electron chi connectivity index (χ2n) is 7.05. The number of nitrogens with zero attached hydrogens (tertiary/aromatic N) is 3. The predicted molar refractivity (Wildman–Crippen MR) is 101 cm³/mol. The van der Waals surface area contributed by atoms with Crippen LogP contribution in [0.5, 0.6) is 5.75 Å². The number of aliphatic carboxylic acids is 1. The molecule has 1 aromatic heterocycles. The molecule has 0 spiro atoms. The number of alkyl halides is 3. The van der Waals surface area contributed by atoms with Crippen LogP contribution in [-0.4, -0.2) is 31.0 Å². The standard InChI is InChI=1S/C20H18F3N3O4/c1-19(2,17(27)28)30-16-9-3-13(4-10-16)11-26-18(29)25(12-24-26)15-7-5-14(6-8-15)20(21,22)23/h3-10,12H,11H2,1-2H3,(H,27,28). The SMILES string of the molecule is CC(C)(Oc1ccc(Cn2ncn(-c3ccc(C(F)(F)F)cc3)c2=O)cc1)C(=O)O. The molecule has 158 valence electrons. The van der Waals surface area contributed by atoms with Gasteiger partial charge < -0.3 is 9.84 Å². The van der Waals surface area contributed by atoms with Crippen molar-refractivity contribution in [2.24, 2.45) is 0 Å². The van der Waals surface area contributed by atoms with Crippen LogP contribution in [0.2, 0.25) is 0 Å². The second-order valence-corrected chi connectivity index (χ2v) is 7.05. The molecular weight excluding hydrogens is 403 g/mol. The van der Waals surface area contributed by atoms with Crippen LogP contribution in [0.15, 0.2) is 59.7 Å². The third kappa shape index (κ3) is 4.53. The largest absolute Gasteiger partial charge is 0.478 e. The summed E-state index contributed by atoms with van der Waals surface area (Å²) in [7, 11) is 0. The fourth-order valence-electron chi connectivity index (χ4n) is 2.61. The molecule has 0 unspecified atom stereocenters. The van der Waals surface area contributed by atoms with Gasteiger partial charge in [0.05, 0.1) is 17.8 Å². The zero-order valence-corrected chi connectivity index (χ0v) is 16.1. The molecule has 0 saturated heterocycles. The molecule has 30 heavy (non-hydrogen) atoms. The summed E-state index contributed by atoms with van der Waals surface area (Å²) in [4.78, 5) is 23.7. The molecule has 0 fully saturated rings. The first-order valence-corrected chi connectivity index (χ1v) is 8.81. The Morgan fingerprint density at radius 3 is 2.20 bits per heavy atom. The van der Waals surface area contributed by atoms with Gasteiger partial charge in [0.15, 0.2) is 5.60 Å². The first-order valence-electron chi connectivity index (χ1n) is 8.81. The van der Waals surface area contributed by atoms with Crippen LogP contribution in [0.1, 0.15) is 25.0 Å². The van der Waals surface area contributed by atoms with E-state index in [4.69, 9.17) is 9.84 Å². The molecule has 10 heteroatoms. The van der Waals surface area contributed by atoms with Crippen molar-refractivity contribution in [3.8, 4) is 11.4 Å². The lowest BCUT2D eigenvalue weighted by atomic mass is 10.1. The molecule has 0 saturated carbocycles. The first kappa shape index (κ1) is 21.2. The highest BCUT2D eigenvalue weighted by Gasteiger charge is 2.30. The van der Waals surface area contributed by atoms with E-state index in [1.54, 1.807) is 24.3 Å². The van der Waals surface area contributed by atoms with Gasteiger partial charge in [0.1, 0.15) is 12.1 Å². The van der Waals surface area contributed by atoms with Gasteiger partial charge in [-0.3, -0.25) is 0 Å². The Bertz CT molecular complexity index is 1100. The highest BCUT2D eigenvalue weighted by atomic mass is 19.4. The topological polar surface area (TPSA) is 86.4 Å². The fourth-order valence-corrected chi connectivity index (χ4v) is 2.61. The lowest BCUT2D eigenvalue weighted by Gasteiger charge is -2.21. The average molecular weight is 421 g/mol. The minimum atomic E-state index is -4.46. The Hall–Kier alpha value is -3.56. The van der Waals surface area contributed by atoms with Crippen LogP contribution in [0.25, 0.3) is 5.69 Å². The zero-order chi connectivity index (χ0) is 22.1. The van der Waals surface area contributed by atoms with E-state index < -0.39 is 29.0 Å². The molecule has 7 nitrogen and oxygen atoms in total. The molecule has 0 amide bonds. The number of aromatic nitrogens is 3. The Labute approximate surface area is 168 Å². The third-order valence-corrected chi connectivity index (χ3v) is 4.35. The van der Waals surface area contributed by atoms with Gasteiger partial charge in [-0.1, -0.05) is 12.1 Å². The number of hydrogen-bond acceptors (Lipinski definition) is 4. The number of carboxylic acids is 1. The molecule has 0 bridgehead atoms. The minimum Gasteiger partial charge on any atom is -0.478 e. The Morgan fingerprint density at radius 1 is 1.07 bits per heavy atom. The van der Waals surface area contributed by atoms with E-state index >= 15 is 0 Å². The van der Waals surface area contributed by atoms with E-state index in [0.29, 0.717) is 11.3 Å². The summed E-state index contributed by atoms with van der Waals surface area (Å²) < 4.78 is 45.8. The number of carboxylic acid groups (broad SMARTS) is 1. The van der Waals surface area contributed by atoms with Gasteiger partial charge >= 0.3 is 17.8 Å². The van der Waals surface area contributed by atoms with E-state index in [1.807, 2.05) is 0 Å².